The number of nitrogens with one attached hydrogen (secondary N) is 1. The van der Waals surface area contributed by atoms with Gasteiger partial charge in [-0.05, 0) is 49.4 Å². The number of pyridine rings is 1. The third-order valence-electron chi connectivity index (χ3n) is 5.51. The predicted molar refractivity (Wildman–Crippen MR) is 130 cm³/mol. The molecule has 4 aromatic rings. The topological polar surface area (TPSA) is 106 Å². The summed E-state index contributed by atoms with van der Waals surface area (Å²) in [5.74, 6) is -0.477. The van der Waals surface area contributed by atoms with E-state index in [1.165, 1.54) is 42.2 Å². The van der Waals surface area contributed by atoms with Crippen LogP contribution >= 0.6 is 0 Å². The summed E-state index contributed by atoms with van der Waals surface area (Å²) in [5, 5.41) is 2.68. The maximum absolute atomic E-state index is 13.5. The highest BCUT2D eigenvalue weighted by molar-refractivity contribution is 7.92. The van der Waals surface area contributed by atoms with Gasteiger partial charge in [0, 0.05) is 25.9 Å². The Morgan fingerprint density at radius 1 is 1.03 bits per heavy atom. The Hall–Kier alpha value is -4.18. The number of carbonyl (C=O) groups is 1. The third kappa shape index (κ3) is 4.11. The second-order valence-electron chi connectivity index (χ2n) is 7.61. The number of anilines is 2. The highest BCUT2D eigenvalue weighted by atomic mass is 32.2. The molecule has 0 aliphatic carbocycles. The summed E-state index contributed by atoms with van der Waals surface area (Å²) >= 11 is 0. The summed E-state index contributed by atoms with van der Waals surface area (Å²) in [6.45, 7) is 1.68. The van der Waals surface area contributed by atoms with Crippen LogP contribution in [-0.2, 0) is 17.1 Å². The zero-order valence-corrected chi connectivity index (χ0v) is 19.7. The quantitative estimate of drug-likeness (QED) is 0.460. The SMILES string of the molecule is Cc1c(N(C)S(=O)(=O)c2cccc(C(=O)Nc3cccnc3)c2)c(=O)n(-c2ccccc2)n1C. The molecule has 1 N–H and O–H groups in total. The van der Waals surface area contributed by atoms with Crippen molar-refractivity contribution in [2.24, 2.45) is 7.05 Å². The van der Waals surface area contributed by atoms with Crippen molar-refractivity contribution in [2.75, 3.05) is 16.7 Å². The maximum Gasteiger partial charge on any atom is 0.296 e. The first kappa shape index (κ1) is 23.0. The molecule has 0 saturated heterocycles. The largest absolute Gasteiger partial charge is 0.321 e. The van der Waals surface area contributed by atoms with Crippen molar-refractivity contribution in [2.45, 2.75) is 11.8 Å². The Kier molecular flexibility index (Phi) is 6.08. The fraction of sp³-hybridized carbons (Fsp3) is 0.125. The van der Waals surface area contributed by atoms with Crippen LogP contribution in [0.4, 0.5) is 11.4 Å². The minimum atomic E-state index is -4.14. The van der Waals surface area contributed by atoms with Gasteiger partial charge in [0.05, 0.1) is 28.2 Å². The second-order valence-corrected chi connectivity index (χ2v) is 9.58. The van der Waals surface area contributed by atoms with Gasteiger partial charge >= 0.3 is 0 Å². The lowest BCUT2D eigenvalue weighted by Gasteiger charge is -2.18. The van der Waals surface area contributed by atoms with E-state index < -0.39 is 21.5 Å². The van der Waals surface area contributed by atoms with Gasteiger partial charge in [-0.3, -0.25) is 23.6 Å². The molecule has 9 nitrogen and oxygen atoms in total. The Balaban J connectivity index is 1.70. The third-order valence-corrected chi connectivity index (χ3v) is 7.27. The normalized spacial score (nSPS) is 11.3. The van der Waals surface area contributed by atoms with E-state index >= 15 is 0 Å². The second kappa shape index (κ2) is 8.99. The van der Waals surface area contributed by atoms with E-state index in [1.54, 1.807) is 61.2 Å². The molecule has 4 rings (SSSR count). The van der Waals surface area contributed by atoms with Crippen LogP contribution in [0.1, 0.15) is 16.1 Å². The minimum Gasteiger partial charge on any atom is -0.321 e. The van der Waals surface area contributed by atoms with E-state index in [0.29, 0.717) is 17.1 Å². The van der Waals surface area contributed by atoms with Gasteiger partial charge in [-0.1, -0.05) is 24.3 Å². The Labute approximate surface area is 196 Å². The fourth-order valence-electron chi connectivity index (χ4n) is 3.63. The van der Waals surface area contributed by atoms with Gasteiger partial charge < -0.3 is 5.32 Å². The number of amides is 1. The molecule has 0 saturated carbocycles. The molecule has 0 radical (unpaired) electrons. The number of aromatic nitrogens is 3. The monoisotopic (exact) mass is 477 g/mol. The van der Waals surface area contributed by atoms with Gasteiger partial charge in [-0.2, -0.15) is 0 Å². The molecule has 0 aliphatic heterocycles. The summed E-state index contributed by atoms with van der Waals surface area (Å²) in [7, 11) is -1.12. The van der Waals surface area contributed by atoms with Crippen molar-refractivity contribution in [3.05, 3.63) is 101 Å². The van der Waals surface area contributed by atoms with E-state index in [9.17, 15) is 18.0 Å². The molecule has 2 aromatic heterocycles. The van der Waals surface area contributed by atoms with Gasteiger partial charge in [0.1, 0.15) is 5.69 Å². The lowest BCUT2D eigenvalue weighted by Crippen LogP contribution is -2.32. The number of benzene rings is 2. The van der Waals surface area contributed by atoms with Gasteiger partial charge in [0.15, 0.2) is 0 Å². The highest BCUT2D eigenvalue weighted by Gasteiger charge is 2.29. The zero-order chi connectivity index (χ0) is 24.5. The molecule has 34 heavy (non-hydrogen) atoms. The molecule has 0 fully saturated rings. The number of carbonyl (C=O) groups excluding carboxylic acids is 1. The number of para-hydroxylation sites is 1. The van der Waals surface area contributed by atoms with Crippen molar-refractivity contribution in [1.82, 2.24) is 14.3 Å². The smallest absolute Gasteiger partial charge is 0.296 e. The summed E-state index contributed by atoms with van der Waals surface area (Å²) in [4.78, 5) is 29.8. The van der Waals surface area contributed by atoms with E-state index in [-0.39, 0.29) is 16.1 Å². The van der Waals surface area contributed by atoms with E-state index in [2.05, 4.69) is 10.3 Å². The number of hydrogen-bond donors (Lipinski definition) is 1. The van der Waals surface area contributed by atoms with Crippen molar-refractivity contribution in [3.63, 3.8) is 0 Å². The molecule has 0 aliphatic rings. The summed E-state index contributed by atoms with van der Waals surface area (Å²) in [6.07, 6.45) is 3.07. The first-order valence-corrected chi connectivity index (χ1v) is 11.8. The van der Waals surface area contributed by atoms with Crippen LogP contribution in [0.5, 0.6) is 0 Å². The van der Waals surface area contributed by atoms with Crippen LogP contribution < -0.4 is 15.2 Å². The van der Waals surface area contributed by atoms with Gasteiger partial charge in [0.25, 0.3) is 21.5 Å². The van der Waals surface area contributed by atoms with Crippen LogP contribution in [-0.4, -0.2) is 35.7 Å². The average Bonchev–Trinajstić information content (AvgIpc) is 3.07. The van der Waals surface area contributed by atoms with Gasteiger partial charge in [-0.15, -0.1) is 0 Å². The minimum absolute atomic E-state index is 0.0246. The number of nitrogens with zero attached hydrogens (tertiary/aromatic N) is 4. The van der Waals surface area contributed by atoms with E-state index in [4.69, 9.17) is 0 Å². The summed E-state index contributed by atoms with van der Waals surface area (Å²) in [5.41, 5.74) is 1.29. The molecule has 0 atom stereocenters. The van der Waals surface area contributed by atoms with Gasteiger partial charge in [-0.25, -0.2) is 13.1 Å². The van der Waals surface area contributed by atoms with Crippen LogP contribution in [0.3, 0.4) is 0 Å². The first-order chi connectivity index (χ1) is 16.2. The first-order valence-electron chi connectivity index (χ1n) is 10.4. The van der Waals surface area contributed by atoms with Crippen molar-refractivity contribution in [1.29, 1.82) is 0 Å². The van der Waals surface area contributed by atoms with Crippen molar-refractivity contribution in [3.8, 4) is 5.69 Å². The van der Waals surface area contributed by atoms with E-state index in [1.807, 2.05) is 6.07 Å². The molecular formula is C24H23N5O4S. The lowest BCUT2D eigenvalue weighted by molar-refractivity contribution is 0.102. The maximum atomic E-state index is 13.5. The summed E-state index contributed by atoms with van der Waals surface area (Å²) in [6, 6.07) is 18.0. The highest BCUT2D eigenvalue weighted by Crippen LogP contribution is 2.24. The standard InChI is InChI=1S/C24H23N5O4S/c1-17-22(24(31)29(27(17)2)20-11-5-4-6-12-20)28(3)34(32,33)21-13-7-9-18(15-21)23(30)26-19-10-8-14-25-16-19/h4-16H,1-3H3,(H,26,30). The van der Waals surface area contributed by atoms with Crippen LogP contribution in [0, 0.1) is 6.92 Å². The summed E-state index contributed by atoms with van der Waals surface area (Å²) < 4.78 is 30.9. The Morgan fingerprint density at radius 2 is 1.76 bits per heavy atom. The fourth-order valence-corrected chi connectivity index (χ4v) is 4.93. The van der Waals surface area contributed by atoms with Crippen molar-refractivity contribution < 1.29 is 13.2 Å². The molecule has 174 valence electrons. The predicted octanol–water partition coefficient (Wildman–Crippen LogP) is 2.96. The van der Waals surface area contributed by atoms with Crippen LogP contribution in [0.25, 0.3) is 5.69 Å². The number of rotatable bonds is 6. The van der Waals surface area contributed by atoms with Crippen molar-refractivity contribution >= 4 is 27.3 Å². The molecule has 10 heteroatoms. The molecule has 2 heterocycles. The number of sulfonamides is 1. The van der Waals surface area contributed by atoms with Crippen LogP contribution in [0.15, 0.2) is 88.8 Å². The van der Waals surface area contributed by atoms with Gasteiger partial charge in [0.2, 0.25) is 0 Å². The zero-order valence-electron chi connectivity index (χ0n) is 18.8. The molecule has 1 amide bonds. The molecule has 2 aromatic carbocycles. The molecule has 0 spiro atoms. The lowest BCUT2D eigenvalue weighted by atomic mass is 10.2. The molecular weight excluding hydrogens is 454 g/mol. The van der Waals surface area contributed by atoms with E-state index in [0.717, 1.165) is 4.31 Å². The Bertz CT molecular complexity index is 1510. The molecule has 0 bridgehead atoms. The Morgan fingerprint density at radius 3 is 2.44 bits per heavy atom. The molecule has 0 unspecified atom stereocenters. The van der Waals surface area contributed by atoms with Crippen LogP contribution in [0.2, 0.25) is 0 Å². The number of hydrogen-bond acceptors (Lipinski definition) is 5. The average molecular weight is 478 g/mol.